The third-order valence-electron chi connectivity index (χ3n) is 4.20. The predicted molar refractivity (Wildman–Crippen MR) is 102 cm³/mol. The number of benzene rings is 1. The van der Waals surface area contributed by atoms with Gasteiger partial charge in [-0.2, -0.15) is 0 Å². The summed E-state index contributed by atoms with van der Waals surface area (Å²) in [5, 5.41) is 11.3. The molecule has 1 aliphatic rings. The van der Waals surface area contributed by atoms with Crippen LogP contribution >= 0.6 is 0 Å². The zero-order chi connectivity index (χ0) is 20.7. The molecule has 2 rings (SSSR count). The molecule has 152 valence electrons. The summed E-state index contributed by atoms with van der Waals surface area (Å²) in [5.74, 6) is -1.40. The van der Waals surface area contributed by atoms with E-state index in [2.05, 4.69) is 0 Å². The van der Waals surface area contributed by atoms with Gasteiger partial charge in [-0.3, -0.25) is 14.9 Å². The van der Waals surface area contributed by atoms with Gasteiger partial charge in [-0.05, 0) is 45.7 Å². The first-order chi connectivity index (χ1) is 13.2. The van der Waals surface area contributed by atoms with E-state index < -0.39 is 34.6 Å². The van der Waals surface area contributed by atoms with Crippen molar-refractivity contribution in [3.8, 4) is 0 Å². The SMILES string of the molecule is CC(C)(C)OC(=O)C=CN1CCC(C(=O)OC(c2ccccc2)[N+](=O)[O-])CC1. The van der Waals surface area contributed by atoms with E-state index in [1.165, 1.54) is 6.08 Å². The van der Waals surface area contributed by atoms with Crippen molar-refractivity contribution in [2.45, 2.75) is 45.4 Å². The number of likely N-dealkylation sites (tertiary alicyclic amines) is 1. The molecule has 8 heteroatoms. The number of carbonyl (C=O) groups excluding carboxylic acids is 2. The van der Waals surface area contributed by atoms with Crippen LogP contribution in [0.15, 0.2) is 42.6 Å². The molecule has 0 radical (unpaired) electrons. The lowest BCUT2D eigenvalue weighted by molar-refractivity contribution is -0.576. The monoisotopic (exact) mass is 390 g/mol. The van der Waals surface area contributed by atoms with Crippen LogP contribution < -0.4 is 0 Å². The van der Waals surface area contributed by atoms with Gasteiger partial charge in [0.25, 0.3) is 0 Å². The average molecular weight is 390 g/mol. The molecule has 1 heterocycles. The maximum Gasteiger partial charge on any atom is 0.382 e. The smallest absolute Gasteiger partial charge is 0.382 e. The van der Waals surface area contributed by atoms with Gasteiger partial charge in [0.05, 0.1) is 16.4 Å². The molecule has 0 spiro atoms. The summed E-state index contributed by atoms with van der Waals surface area (Å²) in [5.41, 5.74) is -0.219. The van der Waals surface area contributed by atoms with E-state index in [0.717, 1.165) is 0 Å². The standard InChI is InChI=1S/C20H26N2O6/c1-20(2,3)28-17(23)11-14-21-12-9-16(10-13-21)19(24)27-18(22(25)26)15-7-5-4-6-8-15/h4-8,11,14,16,18H,9-10,12-13H2,1-3H3. The predicted octanol–water partition coefficient (Wildman–Crippen LogP) is 3.07. The quantitative estimate of drug-likeness (QED) is 0.242. The molecule has 0 amide bonds. The Hall–Kier alpha value is -2.90. The fourth-order valence-electron chi connectivity index (χ4n) is 2.84. The minimum Gasteiger partial charge on any atom is -0.457 e. The van der Waals surface area contributed by atoms with Crippen LogP contribution in [0.4, 0.5) is 0 Å². The van der Waals surface area contributed by atoms with Crippen molar-refractivity contribution in [3.05, 3.63) is 58.3 Å². The van der Waals surface area contributed by atoms with E-state index in [9.17, 15) is 19.7 Å². The van der Waals surface area contributed by atoms with Crippen LogP contribution in [-0.4, -0.2) is 40.5 Å². The molecule has 0 N–H and O–H groups in total. The number of carbonyl (C=O) groups is 2. The Morgan fingerprint density at radius 1 is 1.21 bits per heavy atom. The number of ether oxygens (including phenoxy) is 2. The second kappa shape index (κ2) is 9.34. The summed E-state index contributed by atoms with van der Waals surface area (Å²) >= 11 is 0. The maximum atomic E-state index is 12.4. The first-order valence-corrected chi connectivity index (χ1v) is 9.20. The molecule has 28 heavy (non-hydrogen) atoms. The van der Waals surface area contributed by atoms with Gasteiger partial charge in [0.15, 0.2) is 0 Å². The molecule has 1 fully saturated rings. The molecule has 0 aromatic heterocycles. The number of piperidine rings is 1. The minimum atomic E-state index is -1.50. The molecular formula is C20H26N2O6. The lowest BCUT2D eigenvalue weighted by Gasteiger charge is -2.30. The summed E-state index contributed by atoms with van der Waals surface area (Å²) in [6.45, 7) is 6.48. The van der Waals surface area contributed by atoms with Gasteiger partial charge in [-0.25, -0.2) is 4.79 Å². The van der Waals surface area contributed by atoms with Crippen molar-refractivity contribution in [3.63, 3.8) is 0 Å². The maximum absolute atomic E-state index is 12.4. The Kier molecular flexibility index (Phi) is 7.14. The van der Waals surface area contributed by atoms with Crippen molar-refractivity contribution in [1.29, 1.82) is 0 Å². The van der Waals surface area contributed by atoms with Gasteiger partial charge in [0, 0.05) is 25.4 Å². The third kappa shape index (κ3) is 6.68. The van der Waals surface area contributed by atoms with Crippen LogP contribution in [0.25, 0.3) is 0 Å². The molecule has 0 bridgehead atoms. The van der Waals surface area contributed by atoms with Gasteiger partial charge >= 0.3 is 18.2 Å². The van der Waals surface area contributed by atoms with E-state index in [1.807, 2.05) is 4.90 Å². The summed E-state index contributed by atoms with van der Waals surface area (Å²) in [6.07, 6.45) is 2.51. The van der Waals surface area contributed by atoms with Gasteiger partial charge in [-0.15, -0.1) is 0 Å². The summed E-state index contributed by atoms with van der Waals surface area (Å²) in [7, 11) is 0. The minimum absolute atomic E-state index is 0.332. The van der Waals surface area contributed by atoms with Crippen LogP contribution in [0, 0.1) is 16.0 Å². The Balaban J connectivity index is 1.86. The Morgan fingerprint density at radius 2 is 1.82 bits per heavy atom. The van der Waals surface area contributed by atoms with Crippen LogP contribution in [0.3, 0.4) is 0 Å². The Bertz CT molecular complexity index is 718. The topological polar surface area (TPSA) is 99.0 Å². The lowest BCUT2D eigenvalue weighted by Crippen LogP contribution is -2.35. The fraction of sp³-hybridized carbons (Fsp3) is 0.500. The first-order valence-electron chi connectivity index (χ1n) is 9.20. The number of nitrogens with zero attached hydrogens (tertiary/aromatic N) is 2. The number of hydrogen-bond acceptors (Lipinski definition) is 7. The Morgan fingerprint density at radius 3 is 2.36 bits per heavy atom. The number of rotatable bonds is 6. The Labute approximate surface area is 164 Å². The second-order valence-electron chi connectivity index (χ2n) is 7.64. The highest BCUT2D eigenvalue weighted by atomic mass is 16.7. The second-order valence-corrected chi connectivity index (χ2v) is 7.64. The molecule has 1 aromatic rings. The summed E-state index contributed by atoms with van der Waals surface area (Å²) in [6, 6.07) is 8.18. The van der Waals surface area contributed by atoms with Crippen molar-refractivity contribution in [2.75, 3.05) is 13.1 Å². The largest absolute Gasteiger partial charge is 0.457 e. The van der Waals surface area contributed by atoms with Crippen LogP contribution in [-0.2, 0) is 19.1 Å². The number of esters is 2. The molecule has 0 saturated carbocycles. The zero-order valence-corrected chi connectivity index (χ0v) is 16.4. The van der Waals surface area contributed by atoms with E-state index in [1.54, 1.807) is 57.3 Å². The van der Waals surface area contributed by atoms with Gasteiger partial charge in [0.1, 0.15) is 5.60 Å². The van der Waals surface area contributed by atoms with Crippen LogP contribution in [0.5, 0.6) is 0 Å². The molecular weight excluding hydrogens is 364 g/mol. The van der Waals surface area contributed by atoms with Crippen molar-refractivity contribution < 1.29 is 24.0 Å². The summed E-state index contributed by atoms with van der Waals surface area (Å²) in [4.78, 5) is 36.7. The first kappa shape index (κ1) is 21.4. The van der Waals surface area contributed by atoms with Crippen molar-refractivity contribution >= 4 is 11.9 Å². The highest BCUT2D eigenvalue weighted by Crippen LogP contribution is 2.24. The highest BCUT2D eigenvalue weighted by molar-refractivity contribution is 5.82. The molecule has 1 atom stereocenters. The van der Waals surface area contributed by atoms with E-state index in [-0.39, 0.29) is 0 Å². The molecule has 0 aliphatic carbocycles. The normalized spacial score (nSPS) is 16.6. The number of nitro groups is 1. The fourth-order valence-corrected chi connectivity index (χ4v) is 2.84. The van der Waals surface area contributed by atoms with E-state index in [0.29, 0.717) is 31.5 Å². The van der Waals surface area contributed by atoms with Gasteiger partial charge in [0.2, 0.25) is 0 Å². The molecule has 1 aromatic carbocycles. The highest BCUT2D eigenvalue weighted by Gasteiger charge is 2.32. The van der Waals surface area contributed by atoms with Crippen molar-refractivity contribution in [2.24, 2.45) is 5.92 Å². The van der Waals surface area contributed by atoms with Crippen molar-refractivity contribution in [1.82, 2.24) is 4.90 Å². The average Bonchev–Trinajstić information content (AvgIpc) is 2.63. The molecule has 1 saturated heterocycles. The van der Waals surface area contributed by atoms with E-state index >= 15 is 0 Å². The zero-order valence-electron chi connectivity index (χ0n) is 16.4. The lowest BCUT2D eigenvalue weighted by atomic mass is 9.97. The van der Waals surface area contributed by atoms with Gasteiger partial charge in [-0.1, -0.05) is 18.2 Å². The molecule has 8 nitrogen and oxygen atoms in total. The van der Waals surface area contributed by atoms with Crippen LogP contribution in [0.2, 0.25) is 0 Å². The number of hydrogen-bond donors (Lipinski definition) is 0. The molecule has 1 unspecified atom stereocenters. The van der Waals surface area contributed by atoms with Gasteiger partial charge < -0.3 is 14.4 Å². The third-order valence-corrected chi connectivity index (χ3v) is 4.20. The van der Waals surface area contributed by atoms with Crippen LogP contribution in [0.1, 0.15) is 45.4 Å². The molecule has 1 aliphatic heterocycles. The van der Waals surface area contributed by atoms with E-state index in [4.69, 9.17) is 9.47 Å². The summed E-state index contributed by atoms with van der Waals surface area (Å²) < 4.78 is 10.4.